The smallest absolute Gasteiger partial charge is 0.255 e. The largest absolute Gasteiger partial charge is 0.361 e. The summed E-state index contributed by atoms with van der Waals surface area (Å²) in [6.07, 6.45) is 7.61. The number of rotatable bonds is 6. The van der Waals surface area contributed by atoms with Crippen molar-refractivity contribution in [2.24, 2.45) is 0 Å². The maximum absolute atomic E-state index is 12.8. The minimum Gasteiger partial charge on any atom is -0.361 e. The molecule has 7 heteroatoms. The van der Waals surface area contributed by atoms with Crippen LogP contribution in [0, 0.1) is 0 Å². The summed E-state index contributed by atoms with van der Waals surface area (Å²) in [5, 5.41) is 3.97. The topological polar surface area (TPSA) is 82.3 Å². The summed E-state index contributed by atoms with van der Waals surface area (Å²) in [6, 6.07) is 12.4. The summed E-state index contributed by atoms with van der Waals surface area (Å²) >= 11 is 0. The van der Waals surface area contributed by atoms with Crippen molar-refractivity contribution >= 4 is 37.9 Å². The van der Waals surface area contributed by atoms with Gasteiger partial charge in [-0.2, -0.15) is 0 Å². The van der Waals surface area contributed by atoms with Crippen LogP contribution in [0.25, 0.3) is 16.5 Å². The fraction of sp³-hybridized carbons (Fsp3) is 0.320. The molecule has 0 fully saturated rings. The molecule has 0 spiro atoms. The van der Waals surface area contributed by atoms with Gasteiger partial charge in [-0.3, -0.25) is 9.69 Å². The van der Waals surface area contributed by atoms with Gasteiger partial charge in [-0.15, -0.1) is 0 Å². The van der Waals surface area contributed by atoms with Crippen molar-refractivity contribution < 1.29 is 13.2 Å². The van der Waals surface area contributed by atoms with E-state index in [-0.39, 0.29) is 10.8 Å². The normalized spacial score (nSPS) is 16.0. The molecule has 2 aromatic carbocycles. The third-order valence-corrected chi connectivity index (χ3v) is 7.37. The lowest BCUT2D eigenvalue weighted by Crippen LogP contribution is -2.35. The van der Waals surface area contributed by atoms with Crippen LogP contribution < -0.4 is 5.32 Å². The molecule has 0 saturated carbocycles. The first-order valence-electron chi connectivity index (χ1n) is 10.9. The van der Waals surface area contributed by atoms with Crippen LogP contribution in [0.4, 0.5) is 5.69 Å². The van der Waals surface area contributed by atoms with Gasteiger partial charge < -0.3 is 10.3 Å². The molecule has 0 aliphatic carbocycles. The zero-order chi connectivity index (χ0) is 22.9. The molecule has 32 heavy (non-hydrogen) atoms. The van der Waals surface area contributed by atoms with E-state index in [1.165, 1.54) is 23.3 Å². The number of nitrogens with one attached hydrogen (secondary N) is 2. The van der Waals surface area contributed by atoms with Crippen molar-refractivity contribution in [3.8, 4) is 0 Å². The standard InChI is InChI=1S/C25H29N3O3S/c1-4-17(2)28-12-10-18(11-13-28)23-16-26-24-9-8-20(15-22(23)24)27-25(29)19-6-5-7-21(14-19)32(3,30)31/h5-10,14-17,26H,4,11-13H2,1-3H3,(H,27,29). The van der Waals surface area contributed by atoms with Gasteiger partial charge in [-0.1, -0.05) is 19.1 Å². The van der Waals surface area contributed by atoms with Gasteiger partial charge in [0.2, 0.25) is 0 Å². The van der Waals surface area contributed by atoms with Gasteiger partial charge in [0.25, 0.3) is 5.91 Å². The molecule has 1 aliphatic heterocycles. The van der Waals surface area contributed by atoms with Crippen LogP contribution in [0.5, 0.6) is 0 Å². The Labute approximate surface area is 189 Å². The van der Waals surface area contributed by atoms with E-state index >= 15 is 0 Å². The molecule has 1 aromatic heterocycles. The summed E-state index contributed by atoms with van der Waals surface area (Å²) in [7, 11) is -3.38. The van der Waals surface area contributed by atoms with Crippen LogP contribution in [0.1, 0.15) is 42.6 Å². The van der Waals surface area contributed by atoms with Crippen molar-refractivity contribution in [1.29, 1.82) is 0 Å². The number of benzene rings is 2. The van der Waals surface area contributed by atoms with Crippen LogP contribution in [-0.4, -0.2) is 49.6 Å². The maximum atomic E-state index is 12.8. The first-order chi connectivity index (χ1) is 15.3. The Balaban J connectivity index is 1.57. The summed E-state index contributed by atoms with van der Waals surface area (Å²) in [4.78, 5) is 18.7. The third-order valence-electron chi connectivity index (χ3n) is 6.26. The molecule has 1 unspecified atom stereocenters. The summed E-state index contributed by atoms with van der Waals surface area (Å²) < 4.78 is 23.6. The average Bonchev–Trinajstić information content (AvgIpc) is 3.21. The second kappa shape index (κ2) is 8.92. The van der Waals surface area contributed by atoms with Crippen LogP contribution in [0.15, 0.2) is 59.6 Å². The lowest BCUT2D eigenvalue weighted by atomic mass is 9.97. The van der Waals surface area contributed by atoms with E-state index in [9.17, 15) is 13.2 Å². The van der Waals surface area contributed by atoms with Crippen molar-refractivity contribution in [2.75, 3.05) is 24.7 Å². The zero-order valence-corrected chi connectivity index (χ0v) is 19.5. The maximum Gasteiger partial charge on any atom is 0.255 e. The molecule has 4 rings (SSSR count). The van der Waals surface area contributed by atoms with E-state index in [4.69, 9.17) is 0 Å². The number of fused-ring (bicyclic) bond motifs is 1. The molecule has 1 amide bonds. The molecule has 1 aliphatic rings. The van der Waals surface area contributed by atoms with Gasteiger partial charge >= 0.3 is 0 Å². The van der Waals surface area contributed by atoms with E-state index < -0.39 is 9.84 Å². The fourth-order valence-electron chi connectivity index (χ4n) is 4.12. The van der Waals surface area contributed by atoms with E-state index in [1.54, 1.807) is 12.1 Å². The van der Waals surface area contributed by atoms with E-state index in [0.29, 0.717) is 17.3 Å². The van der Waals surface area contributed by atoms with Crippen LogP contribution in [0.3, 0.4) is 0 Å². The average molecular weight is 452 g/mol. The first-order valence-corrected chi connectivity index (χ1v) is 12.8. The van der Waals surface area contributed by atoms with Gasteiger partial charge in [0, 0.05) is 59.3 Å². The lowest BCUT2D eigenvalue weighted by molar-refractivity contribution is 0.102. The zero-order valence-electron chi connectivity index (χ0n) is 18.7. The molecule has 168 valence electrons. The highest BCUT2D eigenvalue weighted by molar-refractivity contribution is 7.90. The Kier molecular flexibility index (Phi) is 6.22. The van der Waals surface area contributed by atoms with Crippen LogP contribution in [0.2, 0.25) is 0 Å². The molecule has 1 atom stereocenters. The monoisotopic (exact) mass is 451 g/mol. The summed E-state index contributed by atoms with van der Waals surface area (Å²) in [5.41, 5.74) is 4.48. The van der Waals surface area contributed by atoms with Crippen molar-refractivity contribution in [1.82, 2.24) is 9.88 Å². The van der Waals surface area contributed by atoms with Gasteiger partial charge in [-0.25, -0.2) is 8.42 Å². The predicted molar refractivity (Wildman–Crippen MR) is 130 cm³/mol. The molecular weight excluding hydrogens is 422 g/mol. The Bertz CT molecular complexity index is 1290. The lowest BCUT2D eigenvalue weighted by Gasteiger charge is -2.31. The molecule has 0 saturated heterocycles. The molecule has 2 N–H and O–H groups in total. The molecular formula is C25H29N3O3S. The van der Waals surface area contributed by atoms with Gasteiger partial charge in [0.1, 0.15) is 0 Å². The highest BCUT2D eigenvalue weighted by Crippen LogP contribution is 2.31. The van der Waals surface area contributed by atoms with Crippen molar-refractivity contribution in [2.45, 2.75) is 37.6 Å². The number of carbonyl (C=O) groups excluding carboxylic acids is 1. The van der Waals surface area contributed by atoms with Gasteiger partial charge in [0.05, 0.1) is 4.90 Å². The Morgan fingerprint density at radius 3 is 2.72 bits per heavy atom. The molecule has 0 bridgehead atoms. The number of H-pyrrole nitrogens is 1. The Hall–Kier alpha value is -2.90. The predicted octanol–water partition coefficient (Wildman–Crippen LogP) is 4.71. The Morgan fingerprint density at radius 1 is 1.22 bits per heavy atom. The number of sulfone groups is 1. The van der Waals surface area contributed by atoms with E-state index in [1.807, 2.05) is 24.4 Å². The number of carbonyl (C=O) groups is 1. The van der Waals surface area contributed by atoms with E-state index in [0.717, 1.165) is 43.1 Å². The molecule has 2 heterocycles. The number of nitrogens with zero attached hydrogens (tertiary/aromatic N) is 1. The fourth-order valence-corrected chi connectivity index (χ4v) is 4.79. The van der Waals surface area contributed by atoms with Crippen LogP contribution >= 0.6 is 0 Å². The van der Waals surface area contributed by atoms with Crippen molar-refractivity contribution in [3.63, 3.8) is 0 Å². The summed E-state index contributed by atoms with van der Waals surface area (Å²) in [6.45, 7) is 6.48. The minimum absolute atomic E-state index is 0.129. The number of aromatic amines is 1. The molecule has 3 aromatic rings. The first kappa shape index (κ1) is 22.3. The Morgan fingerprint density at radius 2 is 2.03 bits per heavy atom. The highest BCUT2D eigenvalue weighted by Gasteiger charge is 2.19. The summed E-state index contributed by atoms with van der Waals surface area (Å²) in [5.74, 6) is -0.340. The van der Waals surface area contributed by atoms with Crippen molar-refractivity contribution in [3.05, 3.63) is 65.9 Å². The number of aromatic nitrogens is 1. The second-order valence-corrected chi connectivity index (χ2v) is 10.5. The number of hydrogen-bond donors (Lipinski definition) is 2. The SMILES string of the molecule is CCC(C)N1CC=C(c2c[nH]c3ccc(NC(=O)c4cccc(S(C)(=O)=O)c4)cc23)CC1. The molecule has 6 nitrogen and oxygen atoms in total. The van der Waals surface area contributed by atoms with Gasteiger partial charge in [0.15, 0.2) is 9.84 Å². The molecule has 0 radical (unpaired) electrons. The second-order valence-electron chi connectivity index (χ2n) is 8.45. The van der Waals surface area contributed by atoms with E-state index in [2.05, 4.69) is 35.1 Å². The third kappa shape index (κ3) is 4.64. The number of anilines is 1. The quantitative estimate of drug-likeness (QED) is 0.569. The highest BCUT2D eigenvalue weighted by atomic mass is 32.2. The van der Waals surface area contributed by atoms with Gasteiger partial charge in [-0.05, 0) is 61.7 Å². The number of hydrogen-bond acceptors (Lipinski definition) is 4. The van der Waals surface area contributed by atoms with Crippen LogP contribution in [-0.2, 0) is 9.84 Å². The number of amides is 1. The minimum atomic E-state index is -3.38.